The first-order valence-corrected chi connectivity index (χ1v) is 16.4. The van der Waals surface area contributed by atoms with Gasteiger partial charge in [0.1, 0.15) is 11.3 Å². The molecule has 0 saturated heterocycles. The third kappa shape index (κ3) is 9.72. The van der Waals surface area contributed by atoms with Gasteiger partial charge in [-0.3, -0.25) is 14.6 Å². The number of aliphatic hydroxyl groups excluding tert-OH is 1. The van der Waals surface area contributed by atoms with E-state index in [1.165, 1.54) is 6.08 Å². The Morgan fingerprint density at radius 1 is 0.725 bits per heavy atom. The Morgan fingerprint density at radius 3 is 2.12 bits per heavy atom. The summed E-state index contributed by atoms with van der Waals surface area (Å²) in [6.45, 7) is 11.1. The monoisotopic (exact) mass is 853 g/mol. The van der Waals surface area contributed by atoms with Gasteiger partial charge in [0.25, 0.3) is 0 Å². The largest absolute Gasteiger partial charge is 0.512 e. The molecule has 0 fully saturated rings. The fourth-order valence-corrected chi connectivity index (χ4v) is 4.79. The van der Waals surface area contributed by atoms with Crippen LogP contribution in [0.25, 0.3) is 55.4 Å². The summed E-state index contributed by atoms with van der Waals surface area (Å²) in [4.78, 5) is 33.2. The molecule has 0 aliphatic heterocycles. The standard InChI is InChI=1S/C22H12NO2.C11H8N.C11H20O2.Ir/c24-21-16-7-2-4-11-20(16)25-22-15(8-5-9-17(21)22)19-13-12-14-6-1-3-10-18(14)23-19;1-2-6-10(7-3-1)11-8-4-5-9-12-11;1-10(2,3)8(12)7-9(13)11(4,5)6;/h1-7,9-13H;1-6,8-9H;7,12H,1-6H3;/q2*-1;;/b;;8-7-;. The molecule has 1 radical (unpaired) electrons. The molecule has 0 saturated carbocycles. The molecule has 0 amide bonds. The van der Waals surface area contributed by atoms with E-state index in [4.69, 9.17) is 9.40 Å². The van der Waals surface area contributed by atoms with Crippen LogP contribution in [0.5, 0.6) is 0 Å². The summed E-state index contributed by atoms with van der Waals surface area (Å²) < 4.78 is 6.05. The number of carbonyl (C=O) groups is 1. The second-order valence-electron chi connectivity index (χ2n) is 13.8. The van der Waals surface area contributed by atoms with E-state index in [0.29, 0.717) is 27.5 Å². The summed E-state index contributed by atoms with van der Waals surface area (Å²) in [5.74, 6) is 0.104. The molecule has 0 aliphatic rings. The fraction of sp³-hybridized carbons (Fsp3) is 0.182. The molecule has 0 atom stereocenters. The van der Waals surface area contributed by atoms with Crippen LogP contribution in [0.1, 0.15) is 41.5 Å². The smallest absolute Gasteiger partial charge is 0.182 e. The number of para-hydroxylation sites is 2. The molecule has 4 aromatic carbocycles. The Kier molecular flexibility index (Phi) is 12.6. The molecule has 6 nitrogen and oxygen atoms in total. The molecule has 261 valence electrons. The molecule has 1 N–H and O–H groups in total. The quantitative estimate of drug-likeness (QED) is 0.0824. The van der Waals surface area contributed by atoms with E-state index >= 15 is 0 Å². The molecule has 7 aromatic rings. The van der Waals surface area contributed by atoms with Crippen molar-refractivity contribution in [1.82, 2.24) is 9.97 Å². The summed E-state index contributed by atoms with van der Waals surface area (Å²) in [7, 11) is 0. The average Bonchev–Trinajstić information content (AvgIpc) is 3.12. The Labute approximate surface area is 312 Å². The summed E-state index contributed by atoms with van der Waals surface area (Å²) in [6.07, 6.45) is 3.12. The van der Waals surface area contributed by atoms with Crippen molar-refractivity contribution >= 4 is 38.6 Å². The minimum atomic E-state index is -0.417. The van der Waals surface area contributed by atoms with E-state index in [9.17, 15) is 14.7 Å². The van der Waals surface area contributed by atoms with Crippen molar-refractivity contribution in [3.8, 4) is 22.5 Å². The van der Waals surface area contributed by atoms with Gasteiger partial charge in [-0.15, -0.1) is 54.1 Å². The second-order valence-corrected chi connectivity index (χ2v) is 13.8. The summed E-state index contributed by atoms with van der Waals surface area (Å²) in [5, 5.41) is 11.8. The Hall–Kier alpha value is -5.23. The number of pyridine rings is 2. The zero-order chi connectivity index (χ0) is 35.9. The molecule has 0 spiro atoms. The van der Waals surface area contributed by atoms with Crippen LogP contribution < -0.4 is 5.43 Å². The fourth-order valence-electron chi connectivity index (χ4n) is 4.79. The van der Waals surface area contributed by atoms with Gasteiger partial charge in [0.15, 0.2) is 11.2 Å². The Bertz CT molecular complexity index is 2300. The van der Waals surface area contributed by atoms with Crippen molar-refractivity contribution in [3.63, 3.8) is 0 Å². The van der Waals surface area contributed by atoms with Gasteiger partial charge in [-0.1, -0.05) is 102 Å². The number of hydrogen-bond donors (Lipinski definition) is 1. The number of rotatable bonds is 3. The van der Waals surface area contributed by atoms with Gasteiger partial charge in [0.05, 0.1) is 16.5 Å². The van der Waals surface area contributed by atoms with Crippen molar-refractivity contribution in [2.75, 3.05) is 0 Å². The Balaban J connectivity index is 0.000000191. The van der Waals surface area contributed by atoms with Crippen LogP contribution >= 0.6 is 0 Å². The minimum absolute atomic E-state index is 0. The van der Waals surface area contributed by atoms with Gasteiger partial charge in [-0.2, -0.15) is 0 Å². The second kappa shape index (κ2) is 16.7. The van der Waals surface area contributed by atoms with E-state index in [2.05, 4.69) is 17.1 Å². The van der Waals surface area contributed by atoms with E-state index in [0.717, 1.165) is 27.9 Å². The van der Waals surface area contributed by atoms with Crippen LogP contribution in [0.4, 0.5) is 0 Å². The van der Waals surface area contributed by atoms with Crippen LogP contribution in [0.15, 0.2) is 143 Å². The van der Waals surface area contributed by atoms with Crippen LogP contribution in [0.2, 0.25) is 0 Å². The van der Waals surface area contributed by atoms with Gasteiger partial charge in [-0.25, -0.2) is 0 Å². The number of ketones is 1. The van der Waals surface area contributed by atoms with Crippen molar-refractivity contribution in [1.29, 1.82) is 0 Å². The number of fused-ring (bicyclic) bond motifs is 3. The first-order chi connectivity index (χ1) is 23.8. The maximum Gasteiger partial charge on any atom is 0.182 e. The molecule has 7 heteroatoms. The van der Waals surface area contributed by atoms with Gasteiger partial charge in [0.2, 0.25) is 0 Å². The first-order valence-electron chi connectivity index (χ1n) is 16.4. The predicted molar refractivity (Wildman–Crippen MR) is 203 cm³/mol. The van der Waals surface area contributed by atoms with Crippen molar-refractivity contribution in [2.45, 2.75) is 41.5 Å². The number of carbonyl (C=O) groups excluding carboxylic acids is 1. The minimum Gasteiger partial charge on any atom is -0.512 e. The molecular weight excluding hydrogens is 813 g/mol. The Morgan fingerprint density at radius 2 is 1.43 bits per heavy atom. The predicted octanol–water partition coefficient (Wildman–Crippen LogP) is 10.6. The van der Waals surface area contributed by atoms with Gasteiger partial charge in [0, 0.05) is 43.2 Å². The molecular formula is C44H40IrN2O4-2. The van der Waals surface area contributed by atoms with Gasteiger partial charge in [-0.05, 0) is 46.4 Å². The van der Waals surface area contributed by atoms with E-state index in [1.807, 2.05) is 133 Å². The number of allylic oxidation sites excluding steroid dienone is 2. The van der Waals surface area contributed by atoms with Gasteiger partial charge < -0.3 is 14.5 Å². The molecule has 3 heterocycles. The molecule has 51 heavy (non-hydrogen) atoms. The van der Waals surface area contributed by atoms with Crippen LogP contribution in [0.3, 0.4) is 0 Å². The normalized spacial score (nSPS) is 11.5. The first kappa shape index (κ1) is 38.6. The third-order valence-electron chi connectivity index (χ3n) is 7.82. The van der Waals surface area contributed by atoms with Crippen molar-refractivity contribution < 1.29 is 34.4 Å². The summed E-state index contributed by atoms with van der Waals surface area (Å²) >= 11 is 0. The van der Waals surface area contributed by atoms with Gasteiger partial charge >= 0.3 is 0 Å². The molecule has 3 aromatic heterocycles. The number of nitrogens with zero attached hydrogens (tertiary/aromatic N) is 2. The number of hydrogen-bond acceptors (Lipinski definition) is 6. The van der Waals surface area contributed by atoms with E-state index < -0.39 is 5.41 Å². The van der Waals surface area contributed by atoms with Crippen LogP contribution in [0, 0.1) is 23.0 Å². The molecule has 0 bridgehead atoms. The maximum absolute atomic E-state index is 12.8. The average molecular weight is 853 g/mol. The van der Waals surface area contributed by atoms with E-state index in [-0.39, 0.29) is 42.5 Å². The number of aliphatic hydroxyl groups is 1. The molecule has 0 unspecified atom stereocenters. The van der Waals surface area contributed by atoms with Crippen molar-refractivity contribution in [2.24, 2.45) is 10.8 Å². The van der Waals surface area contributed by atoms with E-state index in [1.54, 1.807) is 30.5 Å². The zero-order valence-electron chi connectivity index (χ0n) is 29.5. The van der Waals surface area contributed by atoms with Crippen molar-refractivity contribution in [3.05, 3.63) is 156 Å². The molecule has 7 rings (SSSR count). The van der Waals surface area contributed by atoms with Crippen LogP contribution in [-0.4, -0.2) is 20.9 Å². The van der Waals surface area contributed by atoms with Crippen LogP contribution in [-0.2, 0) is 24.9 Å². The SMILES string of the molecule is CC(C)(C)C(=O)/C=C(\O)C(C)(C)C.O=c1c2ccccc2oc2c(-c3ccc4ccccc4n3)[c-]ccc12.[Ir].[c-]1ccccc1-c1ccccn1. The third-order valence-corrected chi connectivity index (χ3v) is 7.82. The number of benzene rings is 4. The zero-order valence-corrected chi connectivity index (χ0v) is 31.9. The maximum atomic E-state index is 12.8. The summed E-state index contributed by atoms with van der Waals surface area (Å²) in [6, 6.07) is 42.7. The number of aromatic nitrogens is 2. The molecule has 0 aliphatic carbocycles. The topological polar surface area (TPSA) is 93.3 Å². The summed E-state index contributed by atoms with van der Waals surface area (Å²) in [5.41, 5.74) is 4.64.